The van der Waals surface area contributed by atoms with Crippen LogP contribution in [-0.4, -0.2) is 66.1 Å². The number of alkyl halides is 3. The van der Waals surface area contributed by atoms with Gasteiger partial charge in [-0.2, -0.15) is 13.2 Å². The van der Waals surface area contributed by atoms with Gasteiger partial charge in [0.05, 0.1) is 5.69 Å². The molecule has 1 unspecified atom stereocenters. The minimum absolute atomic E-state index is 0.0278. The number of anilines is 2. The Hall–Kier alpha value is -2.88. The molecular weight excluding hydrogens is 471 g/mol. The molecule has 1 fully saturated rings. The van der Waals surface area contributed by atoms with Crippen LogP contribution in [0.15, 0.2) is 30.3 Å². The van der Waals surface area contributed by atoms with E-state index in [1.165, 1.54) is 0 Å². The van der Waals surface area contributed by atoms with E-state index in [0.29, 0.717) is 25.5 Å². The predicted molar refractivity (Wildman–Crippen MR) is 133 cm³/mol. The van der Waals surface area contributed by atoms with Crippen LogP contribution in [0.2, 0.25) is 0 Å². The number of piperazine rings is 1. The molecule has 0 aliphatic carbocycles. The maximum Gasteiger partial charge on any atom is 0.433 e. The van der Waals surface area contributed by atoms with Gasteiger partial charge < -0.3 is 14.5 Å². The number of amides is 1. The highest BCUT2D eigenvalue weighted by Crippen LogP contribution is 2.34. The number of unbranched alkanes of at least 4 members (excludes halogenated alkanes) is 1. The van der Waals surface area contributed by atoms with E-state index in [4.69, 9.17) is 4.74 Å². The third-order valence-corrected chi connectivity index (χ3v) is 6.55. The molecule has 0 spiro atoms. The van der Waals surface area contributed by atoms with Crippen LogP contribution in [-0.2, 0) is 16.4 Å². The third kappa shape index (κ3) is 5.91. The second-order valence-electron chi connectivity index (χ2n) is 10.4. The highest BCUT2D eigenvalue weighted by atomic mass is 19.4. The zero-order valence-corrected chi connectivity index (χ0v) is 21.3. The first-order valence-corrected chi connectivity index (χ1v) is 12.4. The monoisotopic (exact) mass is 505 g/mol. The Balaban J connectivity index is 1.30. The molecule has 2 aliphatic heterocycles. The lowest BCUT2D eigenvalue weighted by atomic mass is 9.95. The second kappa shape index (κ2) is 10.2. The summed E-state index contributed by atoms with van der Waals surface area (Å²) < 4.78 is 46.1. The minimum Gasteiger partial charge on any atom is -0.479 e. The van der Waals surface area contributed by atoms with Gasteiger partial charge in [-0.05, 0) is 38.4 Å². The fourth-order valence-electron chi connectivity index (χ4n) is 4.47. The van der Waals surface area contributed by atoms with E-state index in [0.717, 1.165) is 50.0 Å². The molecule has 0 saturated carbocycles. The fourth-order valence-corrected chi connectivity index (χ4v) is 4.47. The maximum absolute atomic E-state index is 13.5. The summed E-state index contributed by atoms with van der Waals surface area (Å²) in [7, 11) is 0. The summed E-state index contributed by atoms with van der Waals surface area (Å²) in [6, 6.07) is 8.64. The lowest BCUT2D eigenvalue weighted by Crippen LogP contribution is -2.47. The van der Waals surface area contributed by atoms with Gasteiger partial charge in [-0.25, -0.2) is 9.97 Å². The Kier molecular flexibility index (Phi) is 7.45. The summed E-state index contributed by atoms with van der Waals surface area (Å²) in [5, 5.41) is 0. The van der Waals surface area contributed by atoms with Crippen molar-refractivity contribution < 1.29 is 22.7 Å². The Morgan fingerprint density at radius 3 is 2.33 bits per heavy atom. The van der Waals surface area contributed by atoms with Crippen LogP contribution in [0.1, 0.15) is 52.1 Å². The Bertz CT molecular complexity index is 1050. The minimum atomic E-state index is -4.51. The second-order valence-corrected chi connectivity index (χ2v) is 10.4. The van der Waals surface area contributed by atoms with Crippen LogP contribution >= 0.6 is 0 Å². The number of hydrogen-bond acceptors (Lipinski definition) is 6. The van der Waals surface area contributed by atoms with Gasteiger partial charge in [-0.15, -0.1) is 0 Å². The van der Waals surface area contributed by atoms with Gasteiger partial charge in [0.2, 0.25) is 0 Å². The molecule has 7 nitrogen and oxygen atoms in total. The van der Waals surface area contributed by atoms with Gasteiger partial charge in [0.25, 0.3) is 5.91 Å². The third-order valence-electron chi connectivity index (χ3n) is 6.55. The van der Waals surface area contributed by atoms with E-state index in [1.54, 1.807) is 6.92 Å². The van der Waals surface area contributed by atoms with Gasteiger partial charge in [-0.1, -0.05) is 32.9 Å². The molecule has 4 rings (SSSR count). The molecular formula is C26H34F3N5O2. The lowest BCUT2D eigenvalue weighted by molar-refractivity contribution is -0.141. The molecule has 1 atom stereocenters. The molecule has 1 aromatic heterocycles. The van der Waals surface area contributed by atoms with Crippen LogP contribution in [0.5, 0.6) is 5.75 Å². The molecule has 1 aromatic carbocycles. The van der Waals surface area contributed by atoms with Crippen molar-refractivity contribution in [3.05, 3.63) is 41.9 Å². The van der Waals surface area contributed by atoms with E-state index in [9.17, 15) is 18.0 Å². The van der Waals surface area contributed by atoms with Crippen molar-refractivity contribution in [2.24, 2.45) is 0 Å². The summed E-state index contributed by atoms with van der Waals surface area (Å²) >= 11 is 0. The lowest BCUT2D eigenvalue weighted by Gasteiger charge is -2.36. The smallest absolute Gasteiger partial charge is 0.433 e. The van der Waals surface area contributed by atoms with Crippen molar-refractivity contribution in [2.75, 3.05) is 49.1 Å². The molecule has 2 aromatic rings. The topological polar surface area (TPSA) is 61.8 Å². The number of carbonyl (C=O) groups excluding carboxylic acids is 1. The van der Waals surface area contributed by atoms with Gasteiger partial charge in [-0.3, -0.25) is 9.69 Å². The molecule has 3 heterocycles. The largest absolute Gasteiger partial charge is 0.479 e. The maximum atomic E-state index is 13.5. The summed E-state index contributed by atoms with van der Waals surface area (Å²) in [5.41, 5.74) is -0.668. The van der Waals surface area contributed by atoms with Crippen LogP contribution < -0.4 is 14.5 Å². The molecule has 36 heavy (non-hydrogen) atoms. The predicted octanol–water partition coefficient (Wildman–Crippen LogP) is 4.51. The molecule has 0 radical (unpaired) electrons. The van der Waals surface area contributed by atoms with E-state index in [1.807, 2.05) is 54.8 Å². The first-order valence-electron chi connectivity index (χ1n) is 12.4. The molecule has 1 amide bonds. The van der Waals surface area contributed by atoms with Crippen molar-refractivity contribution >= 4 is 17.4 Å². The average Bonchev–Trinajstić information content (AvgIpc) is 2.83. The van der Waals surface area contributed by atoms with E-state index in [-0.39, 0.29) is 11.7 Å². The van der Waals surface area contributed by atoms with Crippen LogP contribution in [0.4, 0.5) is 24.7 Å². The summed E-state index contributed by atoms with van der Waals surface area (Å²) in [6.45, 7) is 11.4. The number of nitrogens with zero attached hydrogens (tertiary/aromatic N) is 5. The number of fused-ring (bicyclic) bond motifs is 1. The van der Waals surface area contributed by atoms with Gasteiger partial charge in [0, 0.05) is 44.2 Å². The van der Waals surface area contributed by atoms with E-state index >= 15 is 0 Å². The highest BCUT2D eigenvalue weighted by Gasteiger charge is 2.36. The zero-order chi connectivity index (χ0) is 26.1. The van der Waals surface area contributed by atoms with E-state index in [2.05, 4.69) is 14.9 Å². The number of rotatable bonds is 6. The summed E-state index contributed by atoms with van der Waals surface area (Å²) in [4.78, 5) is 26.9. The van der Waals surface area contributed by atoms with Gasteiger partial charge in [0.1, 0.15) is 23.1 Å². The van der Waals surface area contributed by atoms with Crippen LogP contribution in [0.3, 0.4) is 0 Å². The van der Waals surface area contributed by atoms with Crippen molar-refractivity contribution in [3.8, 4) is 5.75 Å². The van der Waals surface area contributed by atoms with Crippen molar-refractivity contribution in [1.29, 1.82) is 0 Å². The molecule has 2 aliphatic rings. The number of para-hydroxylation sites is 2. The quantitative estimate of drug-likeness (QED) is 0.539. The standard InChI is InChI=1S/C26H34F3N5O2/c1-18-23(35)34(19-9-5-6-10-20(19)36-18)12-8-7-11-32-13-15-33(16-14-32)22-17-21(26(27,28)29)30-24(31-22)25(2,3)4/h5-6,9-10,17-18H,7-8,11-16H2,1-4H3. The van der Waals surface area contributed by atoms with Crippen molar-refractivity contribution in [1.82, 2.24) is 14.9 Å². The van der Waals surface area contributed by atoms with Crippen molar-refractivity contribution in [2.45, 2.75) is 58.2 Å². The number of hydrogen-bond donors (Lipinski definition) is 0. The normalized spacial score (nSPS) is 19.3. The van der Waals surface area contributed by atoms with Gasteiger partial charge >= 0.3 is 6.18 Å². The number of halogens is 3. The van der Waals surface area contributed by atoms with Crippen LogP contribution in [0.25, 0.3) is 0 Å². The SMILES string of the molecule is CC1Oc2ccccc2N(CCCCN2CCN(c3cc(C(F)(F)F)nc(C(C)(C)C)n3)CC2)C1=O. The Labute approximate surface area is 210 Å². The molecule has 10 heteroatoms. The first kappa shape index (κ1) is 26.2. The molecule has 0 bridgehead atoms. The summed E-state index contributed by atoms with van der Waals surface area (Å²) in [6.07, 6.45) is -3.24. The average molecular weight is 506 g/mol. The summed E-state index contributed by atoms with van der Waals surface area (Å²) in [5.74, 6) is 1.23. The number of benzene rings is 1. The first-order chi connectivity index (χ1) is 16.9. The van der Waals surface area contributed by atoms with E-state index < -0.39 is 23.4 Å². The van der Waals surface area contributed by atoms with Crippen molar-refractivity contribution in [3.63, 3.8) is 0 Å². The highest BCUT2D eigenvalue weighted by molar-refractivity contribution is 5.99. The van der Waals surface area contributed by atoms with Gasteiger partial charge in [0.15, 0.2) is 6.10 Å². The molecule has 196 valence electrons. The molecule has 1 saturated heterocycles. The Morgan fingerprint density at radius 2 is 1.67 bits per heavy atom. The fraction of sp³-hybridized carbons (Fsp3) is 0.577. The molecule has 0 N–H and O–H groups in total. The zero-order valence-electron chi connectivity index (χ0n) is 21.3. The number of carbonyl (C=O) groups is 1. The Morgan fingerprint density at radius 1 is 1.00 bits per heavy atom. The van der Waals surface area contributed by atoms with Crippen LogP contribution in [0, 0.1) is 0 Å². The number of ether oxygens (including phenoxy) is 1. The number of aromatic nitrogens is 2.